The van der Waals surface area contributed by atoms with Crippen LogP contribution in [0.25, 0.3) is 11.0 Å². The van der Waals surface area contributed by atoms with Crippen LogP contribution < -0.4 is 0 Å². The SMILES string of the molecule is O=C1COCC(=O)N1CCc1nc2ccccc2[nH]1. The Kier molecular flexibility index (Phi) is 3.00. The summed E-state index contributed by atoms with van der Waals surface area (Å²) in [5.74, 6) is 0.202. The minimum atomic E-state index is -0.285. The summed E-state index contributed by atoms with van der Waals surface area (Å²) in [6.07, 6.45) is 0.520. The van der Waals surface area contributed by atoms with Crippen molar-refractivity contribution in [1.82, 2.24) is 14.9 Å². The monoisotopic (exact) mass is 259 g/mol. The number of nitrogens with zero attached hydrogens (tertiary/aromatic N) is 2. The molecular formula is C13H13N3O3. The standard InChI is InChI=1S/C13H13N3O3/c17-12-7-19-8-13(18)16(12)6-5-11-14-9-3-1-2-4-10(9)15-11/h1-4H,5-8H2,(H,14,15). The first-order valence-electron chi connectivity index (χ1n) is 6.08. The molecule has 0 spiro atoms. The molecule has 6 nitrogen and oxygen atoms in total. The van der Waals surface area contributed by atoms with Crippen molar-refractivity contribution >= 4 is 22.8 Å². The number of amides is 2. The molecule has 3 rings (SSSR count). The van der Waals surface area contributed by atoms with Crippen molar-refractivity contribution in [3.63, 3.8) is 0 Å². The van der Waals surface area contributed by atoms with Crippen LogP contribution in [0.2, 0.25) is 0 Å². The number of carbonyl (C=O) groups is 2. The topological polar surface area (TPSA) is 75.3 Å². The molecule has 0 saturated carbocycles. The molecule has 2 amide bonds. The number of morpholine rings is 1. The molecule has 98 valence electrons. The second-order valence-electron chi connectivity index (χ2n) is 4.38. The minimum Gasteiger partial charge on any atom is -0.362 e. The molecule has 0 atom stereocenters. The van der Waals surface area contributed by atoms with E-state index in [0.717, 1.165) is 16.9 Å². The highest BCUT2D eigenvalue weighted by Crippen LogP contribution is 2.11. The fraction of sp³-hybridized carbons (Fsp3) is 0.308. The Bertz CT molecular complexity index is 586. The molecule has 0 bridgehead atoms. The van der Waals surface area contributed by atoms with Crippen molar-refractivity contribution in [2.24, 2.45) is 0 Å². The van der Waals surface area contributed by atoms with Crippen LogP contribution in [-0.4, -0.2) is 46.4 Å². The van der Waals surface area contributed by atoms with E-state index in [0.29, 0.717) is 13.0 Å². The molecule has 1 aliphatic rings. The van der Waals surface area contributed by atoms with Crippen molar-refractivity contribution in [1.29, 1.82) is 0 Å². The van der Waals surface area contributed by atoms with Crippen molar-refractivity contribution < 1.29 is 14.3 Å². The Hall–Kier alpha value is -2.21. The van der Waals surface area contributed by atoms with E-state index in [1.54, 1.807) is 0 Å². The number of imide groups is 1. The minimum absolute atomic E-state index is 0.0220. The maximum atomic E-state index is 11.5. The normalized spacial score (nSPS) is 16.3. The first-order chi connectivity index (χ1) is 9.24. The third-order valence-corrected chi connectivity index (χ3v) is 3.06. The van der Waals surface area contributed by atoms with Gasteiger partial charge >= 0.3 is 0 Å². The van der Waals surface area contributed by atoms with Crippen molar-refractivity contribution in [3.8, 4) is 0 Å². The van der Waals surface area contributed by atoms with Gasteiger partial charge in [0, 0.05) is 13.0 Å². The number of ether oxygens (including phenoxy) is 1. The molecular weight excluding hydrogens is 246 g/mol. The Morgan fingerprint density at radius 1 is 1.21 bits per heavy atom. The fourth-order valence-electron chi connectivity index (χ4n) is 2.11. The highest BCUT2D eigenvalue weighted by molar-refractivity contribution is 5.98. The third-order valence-electron chi connectivity index (χ3n) is 3.06. The van der Waals surface area contributed by atoms with E-state index in [9.17, 15) is 9.59 Å². The van der Waals surface area contributed by atoms with Gasteiger partial charge < -0.3 is 9.72 Å². The summed E-state index contributed by atoms with van der Waals surface area (Å²) in [4.78, 5) is 31.9. The van der Waals surface area contributed by atoms with Gasteiger partial charge in [0.2, 0.25) is 0 Å². The largest absolute Gasteiger partial charge is 0.362 e. The number of imidazole rings is 1. The molecule has 0 aliphatic carbocycles. The molecule has 1 aromatic carbocycles. The number of carbonyl (C=O) groups excluding carboxylic acids is 2. The third kappa shape index (κ3) is 2.34. The highest BCUT2D eigenvalue weighted by Gasteiger charge is 2.26. The van der Waals surface area contributed by atoms with E-state index in [-0.39, 0.29) is 25.0 Å². The first-order valence-corrected chi connectivity index (χ1v) is 6.08. The fourth-order valence-corrected chi connectivity index (χ4v) is 2.11. The van der Waals surface area contributed by atoms with E-state index in [2.05, 4.69) is 9.97 Å². The number of para-hydroxylation sites is 2. The number of aromatic nitrogens is 2. The molecule has 2 heterocycles. The van der Waals surface area contributed by atoms with Crippen LogP contribution in [0, 0.1) is 0 Å². The molecule has 0 radical (unpaired) electrons. The Labute approximate surface area is 109 Å². The number of hydrogen-bond donors (Lipinski definition) is 1. The number of H-pyrrole nitrogens is 1. The number of nitrogens with one attached hydrogen (secondary N) is 1. The van der Waals surface area contributed by atoms with Crippen molar-refractivity contribution in [2.45, 2.75) is 6.42 Å². The average Bonchev–Trinajstić information content (AvgIpc) is 2.81. The zero-order valence-corrected chi connectivity index (χ0v) is 10.3. The molecule has 1 N–H and O–H groups in total. The molecule has 1 aromatic heterocycles. The lowest BCUT2D eigenvalue weighted by molar-refractivity contribution is -0.158. The van der Waals surface area contributed by atoms with Gasteiger partial charge in [-0.2, -0.15) is 0 Å². The summed E-state index contributed by atoms with van der Waals surface area (Å²) in [5, 5.41) is 0. The van der Waals surface area contributed by atoms with Gasteiger partial charge in [0.15, 0.2) is 0 Å². The van der Waals surface area contributed by atoms with Gasteiger partial charge in [-0.1, -0.05) is 12.1 Å². The van der Waals surface area contributed by atoms with Gasteiger partial charge in [-0.15, -0.1) is 0 Å². The number of aromatic amines is 1. The maximum Gasteiger partial charge on any atom is 0.255 e. The lowest BCUT2D eigenvalue weighted by Crippen LogP contribution is -2.47. The summed E-state index contributed by atoms with van der Waals surface area (Å²) in [6.45, 7) is 0.290. The average molecular weight is 259 g/mol. The number of rotatable bonds is 3. The second-order valence-corrected chi connectivity index (χ2v) is 4.38. The second kappa shape index (κ2) is 4.81. The highest BCUT2D eigenvalue weighted by atomic mass is 16.5. The summed E-state index contributed by atoms with van der Waals surface area (Å²) >= 11 is 0. The zero-order chi connectivity index (χ0) is 13.2. The van der Waals surface area contributed by atoms with E-state index in [1.807, 2.05) is 24.3 Å². The van der Waals surface area contributed by atoms with Crippen molar-refractivity contribution in [3.05, 3.63) is 30.1 Å². The number of fused-ring (bicyclic) bond motifs is 1. The Balaban J connectivity index is 1.71. The first kappa shape index (κ1) is 11.9. The molecule has 1 fully saturated rings. The smallest absolute Gasteiger partial charge is 0.255 e. The molecule has 6 heteroatoms. The van der Waals surface area contributed by atoms with E-state index in [1.165, 1.54) is 4.90 Å². The summed E-state index contributed by atoms with van der Waals surface area (Å²) < 4.78 is 4.86. The zero-order valence-electron chi connectivity index (χ0n) is 10.3. The van der Waals surface area contributed by atoms with Crippen LogP contribution in [0.3, 0.4) is 0 Å². The van der Waals surface area contributed by atoms with Gasteiger partial charge in [-0.05, 0) is 12.1 Å². The van der Waals surface area contributed by atoms with Crippen LogP contribution in [0.15, 0.2) is 24.3 Å². The molecule has 1 saturated heterocycles. The number of benzene rings is 1. The van der Waals surface area contributed by atoms with E-state index >= 15 is 0 Å². The molecule has 19 heavy (non-hydrogen) atoms. The van der Waals surface area contributed by atoms with Crippen molar-refractivity contribution in [2.75, 3.05) is 19.8 Å². The van der Waals surface area contributed by atoms with Crippen LogP contribution in [0.5, 0.6) is 0 Å². The predicted molar refractivity (Wildman–Crippen MR) is 67.3 cm³/mol. The molecule has 0 unspecified atom stereocenters. The summed E-state index contributed by atoms with van der Waals surface area (Å²) in [6, 6.07) is 7.71. The Morgan fingerprint density at radius 2 is 1.95 bits per heavy atom. The predicted octanol–water partition coefficient (Wildman–Crippen LogP) is 0.491. The van der Waals surface area contributed by atoms with Crippen LogP contribution in [0.4, 0.5) is 0 Å². The van der Waals surface area contributed by atoms with E-state index < -0.39 is 0 Å². The van der Waals surface area contributed by atoms with Crippen LogP contribution in [-0.2, 0) is 20.7 Å². The van der Waals surface area contributed by atoms with Crippen LogP contribution >= 0.6 is 0 Å². The lowest BCUT2D eigenvalue weighted by atomic mass is 10.3. The maximum absolute atomic E-state index is 11.5. The molecule has 1 aliphatic heterocycles. The number of hydrogen-bond acceptors (Lipinski definition) is 4. The van der Waals surface area contributed by atoms with Gasteiger partial charge in [-0.25, -0.2) is 4.98 Å². The van der Waals surface area contributed by atoms with Gasteiger partial charge in [0.05, 0.1) is 11.0 Å². The summed E-state index contributed by atoms with van der Waals surface area (Å²) in [7, 11) is 0. The van der Waals surface area contributed by atoms with Gasteiger partial charge in [0.25, 0.3) is 11.8 Å². The Morgan fingerprint density at radius 3 is 2.68 bits per heavy atom. The summed E-state index contributed by atoms with van der Waals surface area (Å²) in [5.41, 5.74) is 1.84. The van der Waals surface area contributed by atoms with Gasteiger partial charge in [-0.3, -0.25) is 14.5 Å². The molecule has 2 aromatic rings. The van der Waals surface area contributed by atoms with Crippen LogP contribution in [0.1, 0.15) is 5.82 Å². The van der Waals surface area contributed by atoms with Gasteiger partial charge in [0.1, 0.15) is 19.0 Å². The lowest BCUT2D eigenvalue weighted by Gasteiger charge is -2.24. The quantitative estimate of drug-likeness (QED) is 0.814. The van der Waals surface area contributed by atoms with E-state index in [4.69, 9.17) is 4.74 Å².